The van der Waals surface area contributed by atoms with Crippen LogP contribution in [0.15, 0.2) is 10.9 Å². The maximum Gasteiger partial charge on any atom is 0.276 e. The van der Waals surface area contributed by atoms with Crippen molar-refractivity contribution < 1.29 is 9.59 Å². The molecule has 1 aliphatic carbocycles. The lowest BCUT2D eigenvalue weighted by Crippen LogP contribution is -2.38. The van der Waals surface area contributed by atoms with Gasteiger partial charge in [-0.05, 0) is 58.3 Å². The molecule has 2 aromatic heterocycles. The van der Waals surface area contributed by atoms with E-state index in [9.17, 15) is 14.4 Å². The summed E-state index contributed by atoms with van der Waals surface area (Å²) < 4.78 is 1.49. The molecule has 8 heteroatoms. The van der Waals surface area contributed by atoms with E-state index in [1.165, 1.54) is 10.9 Å². The van der Waals surface area contributed by atoms with Crippen LogP contribution in [0.3, 0.4) is 0 Å². The maximum absolute atomic E-state index is 13.2. The molecule has 32 heavy (non-hydrogen) atoms. The van der Waals surface area contributed by atoms with Crippen LogP contribution < -0.4 is 5.56 Å². The standard InChI is InChI=1S/C24H33N5O3/c1-16-18(10-11-22(30)27-12-3-2-4-13-27)24(32)29-21(25-16)15-19(26-29)20-9-6-14-28(20)23(31)17-7-5-8-17/h15,17,20,26H,2-14H2,1H3/t20-/m0/s1. The van der Waals surface area contributed by atoms with Gasteiger partial charge in [0.25, 0.3) is 5.56 Å². The molecule has 0 bridgehead atoms. The molecule has 0 spiro atoms. The fourth-order valence-electron chi connectivity index (χ4n) is 5.42. The number of hydrogen-bond acceptors (Lipinski definition) is 4. The van der Waals surface area contributed by atoms with Crippen molar-refractivity contribution in [2.75, 3.05) is 19.6 Å². The molecule has 2 amide bonds. The van der Waals surface area contributed by atoms with Gasteiger partial charge in [0.1, 0.15) is 0 Å². The summed E-state index contributed by atoms with van der Waals surface area (Å²) in [6.45, 7) is 4.27. The van der Waals surface area contributed by atoms with E-state index in [2.05, 4.69) is 10.1 Å². The van der Waals surface area contributed by atoms with Gasteiger partial charge < -0.3 is 9.80 Å². The van der Waals surface area contributed by atoms with Crippen molar-refractivity contribution in [3.8, 4) is 0 Å². The van der Waals surface area contributed by atoms with E-state index in [1.54, 1.807) is 0 Å². The molecule has 5 rings (SSSR count). The van der Waals surface area contributed by atoms with Crippen molar-refractivity contribution in [1.82, 2.24) is 24.4 Å². The van der Waals surface area contributed by atoms with E-state index in [1.807, 2.05) is 22.8 Å². The zero-order valence-corrected chi connectivity index (χ0v) is 18.9. The third kappa shape index (κ3) is 3.84. The van der Waals surface area contributed by atoms with Gasteiger partial charge >= 0.3 is 0 Å². The molecule has 0 radical (unpaired) electrons. The van der Waals surface area contributed by atoms with E-state index in [-0.39, 0.29) is 29.3 Å². The molecule has 3 aliphatic rings. The van der Waals surface area contributed by atoms with Crippen LogP contribution in [-0.4, -0.2) is 55.8 Å². The third-order valence-electron chi connectivity index (χ3n) is 7.58. The van der Waals surface area contributed by atoms with E-state index < -0.39 is 0 Å². The van der Waals surface area contributed by atoms with Crippen molar-refractivity contribution in [3.05, 3.63) is 33.4 Å². The number of carbonyl (C=O) groups is 2. The highest BCUT2D eigenvalue weighted by atomic mass is 16.2. The Balaban J connectivity index is 1.36. The fraction of sp³-hybridized carbons (Fsp3) is 0.667. The average molecular weight is 440 g/mol. The van der Waals surface area contributed by atoms with Crippen molar-refractivity contribution in [3.63, 3.8) is 0 Å². The van der Waals surface area contributed by atoms with Crippen LogP contribution in [0.1, 0.15) is 80.8 Å². The minimum atomic E-state index is -0.139. The predicted molar refractivity (Wildman–Crippen MR) is 120 cm³/mol. The zero-order chi connectivity index (χ0) is 22.2. The third-order valence-corrected chi connectivity index (χ3v) is 7.58. The first kappa shape index (κ1) is 21.2. The number of nitrogens with one attached hydrogen (secondary N) is 1. The van der Waals surface area contributed by atoms with Gasteiger partial charge in [-0.1, -0.05) is 6.42 Å². The molecule has 3 fully saturated rings. The van der Waals surface area contributed by atoms with Gasteiger partial charge in [0.15, 0.2) is 5.65 Å². The number of nitrogens with zero attached hydrogens (tertiary/aromatic N) is 4. The molecule has 2 saturated heterocycles. The molecule has 0 unspecified atom stereocenters. The highest BCUT2D eigenvalue weighted by molar-refractivity contribution is 5.80. The van der Waals surface area contributed by atoms with Crippen molar-refractivity contribution in [2.24, 2.45) is 5.92 Å². The number of piperidine rings is 1. The molecular formula is C24H33N5O3. The van der Waals surface area contributed by atoms with Crippen LogP contribution in [0, 0.1) is 12.8 Å². The van der Waals surface area contributed by atoms with Gasteiger partial charge in [-0.25, -0.2) is 9.50 Å². The monoisotopic (exact) mass is 439 g/mol. The Hall–Kier alpha value is -2.64. The summed E-state index contributed by atoms with van der Waals surface area (Å²) in [6.07, 6.45) is 9.06. The second kappa shape index (κ2) is 8.71. The lowest BCUT2D eigenvalue weighted by atomic mass is 9.84. The number of hydrogen-bond donors (Lipinski definition) is 1. The summed E-state index contributed by atoms with van der Waals surface area (Å²) in [6, 6.07) is 1.89. The Bertz CT molecular complexity index is 1080. The van der Waals surface area contributed by atoms with Crippen LogP contribution in [-0.2, 0) is 16.0 Å². The Morgan fingerprint density at radius 1 is 1.06 bits per heavy atom. The number of rotatable bonds is 5. The molecule has 0 aromatic carbocycles. The van der Waals surface area contributed by atoms with E-state index in [0.717, 1.165) is 70.3 Å². The van der Waals surface area contributed by atoms with E-state index in [4.69, 9.17) is 0 Å². The minimum Gasteiger partial charge on any atom is -0.343 e. The molecule has 2 aliphatic heterocycles. The smallest absolute Gasteiger partial charge is 0.276 e. The molecule has 8 nitrogen and oxygen atoms in total. The molecule has 2 aromatic rings. The number of H-pyrrole nitrogens is 1. The summed E-state index contributed by atoms with van der Waals surface area (Å²) in [5.41, 5.74) is 2.59. The summed E-state index contributed by atoms with van der Waals surface area (Å²) in [5, 5.41) is 3.24. The van der Waals surface area contributed by atoms with Crippen LogP contribution in [0.2, 0.25) is 0 Å². The molecular weight excluding hydrogens is 406 g/mol. The van der Waals surface area contributed by atoms with Gasteiger partial charge in [-0.2, -0.15) is 0 Å². The number of likely N-dealkylation sites (tertiary alicyclic amines) is 2. The van der Waals surface area contributed by atoms with Gasteiger partial charge in [0.05, 0.1) is 11.7 Å². The summed E-state index contributed by atoms with van der Waals surface area (Å²) in [5.74, 6) is 0.551. The van der Waals surface area contributed by atoms with Crippen LogP contribution in [0.4, 0.5) is 0 Å². The van der Waals surface area contributed by atoms with Crippen molar-refractivity contribution in [2.45, 2.75) is 77.2 Å². The second-order valence-electron chi connectivity index (χ2n) is 9.64. The van der Waals surface area contributed by atoms with Gasteiger partial charge in [-0.15, -0.1) is 0 Å². The first-order chi connectivity index (χ1) is 15.5. The maximum atomic E-state index is 13.2. The van der Waals surface area contributed by atoms with Crippen molar-refractivity contribution >= 4 is 17.5 Å². The SMILES string of the molecule is Cc1nc2cc([C@@H]3CCCN3C(=O)C3CCC3)[nH]n2c(=O)c1CCC(=O)N1CCCCC1. The Morgan fingerprint density at radius 2 is 1.84 bits per heavy atom. The first-order valence-electron chi connectivity index (χ1n) is 12.2. The number of aromatic amines is 1. The Kier molecular flexibility index (Phi) is 5.78. The number of aromatic nitrogens is 3. The van der Waals surface area contributed by atoms with Gasteiger partial charge in [0.2, 0.25) is 11.8 Å². The first-order valence-corrected chi connectivity index (χ1v) is 12.2. The fourth-order valence-corrected chi connectivity index (χ4v) is 5.42. The van der Waals surface area contributed by atoms with Crippen molar-refractivity contribution in [1.29, 1.82) is 0 Å². The molecule has 1 atom stereocenters. The van der Waals surface area contributed by atoms with E-state index in [0.29, 0.717) is 29.7 Å². The normalized spacial score (nSPS) is 21.8. The summed E-state index contributed by atoms with van der Waals surface area (Å²) >= 11 is 0. The van der Waals surface area contributed by atoms with E-state index >= 15 is 0 Å². The number of carbonyl (C=O) groups excluding carboxylic acids is 2. The molecule has 1 saturated carbocycles. The predicted octanol–water partition coefficient (Wildman–Crippen LogP) is 2.74. The van der Waals surface area contributed by atoms with Crippen LogP contribution in [0.5, 0.6) is 0 Å². The molecule has 4 heterocycles. The average Bonchev–Trinajstić information content (AvgIpc) is 3.39. The highest BCUT2D eigenvalue weighted by Crippen LogP contribution is 2.36. The number of fused-ring (bicyclic) bond motifs is 1. The summed E-state index contributed by atoms with van der Waals surface area (Å²) in [7, 11) is 0. The summed E-state index contributed by atoms with van der Waals surface area (Å²) in [4.78, 5) is 47.2. The largest absolute Gasteiger partial charge is 0.343 e. The minimum absolute atomic E-state index is 0.0198. The lowest BCUT2D eigenvalue weighted by molar-refractivity contribution is -0.139. The highest BCUT2D eigenvalue weighted by Gasteiger charge is 2.37. The zero-order valence-electron chi connectivity index (χ0n) is 18.9. The molecule has 1 N–H and O–H groups in total. The molecule has 172 valence electrons. The number of aryl methyl sites for hydroxylation is 1. The second-order valence-corrected chi connectivity index (χ2v) is 9.64. The quantitative estimate of drug-likeness (QED) is 0.776. The Labute approximate surface area is 188 Å². The Morgan fingerprint density at radius 3 is 2.56 bits per heavy atom. The topological polar surface area (TPSA) is 90.8 Å². The van der Waals surface area contributed by atoms with Gasteiger partial charge in [-0.3, -0.25) is 19.5 Å². The van der Waals surface area contributed by atoms with Crippen LogP contribution in [0.25, 0.3) is 5.65 Å². The number of amides is 2. The van der Waals surface area contributed by atoms with Gasteiger partial charge in [0, 0.05) is 49.3 Å². The lowest BCUT2D eigenvalue weighted by Gasteiger charge is -2.32. The van der Waals surface area contributed by atoms with Crippen LogP contribution >= 0.6 is 0 Å².